The van der Waals surface area contributed by atoms with Crippen molar-refractivity contribution < 1.29 is 4.79 Å². The van der Waals surface area contributed by atoms with Gasteiger partial charge in [0.05, 0.1) is 0 Å². The summed E-state index contributed by atoms with van der Waals surface area (Å²) in [7, 11) is 0. The second kappa shape index (κ2) is 4.89. The van der Waals surface area contributed by atoms with Crippen molar-refractivity contribution in [2.24, 2.45) is 0 Å². The van der Waals surface area contributed by atoms with E-state index < -0.39 is 0 Å². The molecule has 80 valence electrons. The van der Waals surface area contributed by atoms with Crippen molar-refractivity contribution in [3.8, 4) is 0 Å². The minimum atomic E-state index is -0.0794. The van der Waals surface area contributed by atoms with Gasteiger partial charge in [-0.05, 0) is 31.5 Å². The van der Waals surface area contributed by atoms with E-state index in [1.807, 2.05) is 6.07 Å². The summed E-state index contributed by atoms with van der Waals surface area (Å²) < 4.78 is 0. The number of carbonyl (C=O) groups excluding carboxylic acids is 1. The fraction of sp³-hybridized carbons (Fsp3) is 0.455. The Kier molecular flexibility index (Phi) is 3.29. The van der Waals surface area contributed by atoms with Gasteiger partial charge in [-0.1, -0.05) is 6.07 Å². The Bertz CT molecular complexity index is 320. The Hall–Kier alpha value is -1.42. The molecule has 1 aromatic rings. The standard InChI is InChI=1S/C11H15N3O/c15-11(10-5-1-2-7-13-10)14-9-4-3-6-12-8-9/h1-2,5,7,9,12H,3-4,6,8H2,(H,14,15)/t9-/m0/s1. The van der Waals surface area contributed by atoms with Gasteiger partial charge in [0.2, 0.25) is 0 Å². The first-order valence-corrected chi connectivity index (χ1v) is 5.29. The van der Waals surface area contributed by atoms with Gasteiger partial charge in [-0.2, -0.15) is 0 Å². The minimum Gasteiger partial charge on any atom is -0.347 e. The van der Waals surface area contributed by atoms with Crippen LogP contribution in [0.5, 0.6) is 0 Å². The highest BCUT2D eigenvalue weighted by Crippen LogP contribution is 2.02. The van der Waals surface area contributed by atoms with E-state index in [0.29, 0.717) is 5.69 Å². The predicted molar refractivity (Wildman–Crippen MR) is 57.6 cm³/mol. The van der Waals surface area contributed by atoms with Gasteiger partial charge in [0.15, 0.2) is 0 Å². The largest absolute Gasteiger partial charge is 0.347 e. The molecule has 4 nitrogen and oxygen atoms in total. The van der Waals surface area contributed by atoms with Crippen LogP contribution in [0.25, 0.3) is 0 Å². The first kappa shape index (κ1) is 10.1. The highest BCUT2D eigenvalue weighted by Gasteiger charge is 2.16. The number of nitrogens with one attached hydrogen (secondary N) is 2. The molecule has 2 N–H and O–H groups in total. The maximum absolute atomic E-state index is 11.7. The maximum atomic E-state index is 11.7. The summed E-state index contributed by atoms with van der Waals surface area (Å²) in [6, 6.07) is 5.60. The molecule has 0 saturated carbocycles. The zero-order valence-electron chi connectivity index (χ0n) is 8.57. The van der Waals surface area contributed by atoms with Crippen molar-refractivity contribution in [2.75, 3.05) is 13.1 Å². The molecule has 0 bridgehead atoms. The van der Waals surface area contributed by atoms with Crippen molar-refractivity contribution >= 4 is 5.91 Å². The number of carbonyl (C=O) groups is 1. The van der Waals surface area contributed by atoms with E-state index >= 15 is 0 Å². The zero-order chi connectivity index (χ0) is 10.5. The quantitative estimate of drug-likeness (QED) is 0.742. The van der Waals surface area contributed by atoms with E-state index in [4.69, 9.17) is 0 Å². The number of piperidine rings is 1. The lowest BCUT2D eigenvalue weighted by Gasteiger charge is -2.23. The number of nitrogens with zero attached hydrogens (tertiary/aromatic N) is 1. The Balaban J connectivity index is 1.91. The van der Waals surface area contributed by atoms with Crippen molar-refractivity contribution in [1.29, 1.82) is 0 Å². The molecular formula is C11H15N3O. The molecule has 15 heavy (non-hydrogen) atoms. The molecule has 0 unspecified atom stereocenters. The number of rotatable bonds is 2. The van der Waals surface area contributed by atoms with E-state index in [2.05, 4.69) is 15.6 Å². The molecule has 2 rings (SSSR count). The van der Waals surface area contributed by atoms with Crippen LogP contribution in [-0.4, -0.2) is 30.0 Å². The summed E-state index contributed by atoms with van der Waals surface area (Å²) in [6.45, 7) is 1.91. The van der Waals surface area contributed by atoms with Crippen LogP contribution in [0.2, 0.25) is 0 Å². The van der Waals surface area contributed by atoms with E-state index in [1.54, 1.807) is 18.3 Å². The van der Waals surface area contributed by atoms with Gasteiger partial charge in [0.1, 0.15) is 5.69 Å². The zero-order valence-corrected chi connectivity index (χ0v) is 8.57. The molecule has 1 saturated heterocycles. The van der Waals surface area contributed by atoms with Gasteiger partial charge >= 0.3 is 0 Å². The summed E-state index contributed by atoms with van der Waals surface area (Å²) in [4.78, 5) is 15.7. The fourth-order valence-electron chi connectivity index (χ4n) is 1.73. The third-order valence-corrected chi connectivity index (χ3v) is 2.53. The van der Waals surface area contributed by atoms with E-state index in [9.17, 15) is 4.79 Å². The summed E-state index contributed by atoms with van der Waals surface area (Å²) in [5.41, 5.74) is 0.489. The highest BCUT2D eigenvalue weighted by molar-refractivity contribution is 5.92. The highest BCUT2D eigenvalue weighted by atomic mass is 16.1. The first-order chi connectivity index (χ1) is 7.36. The Morgan fingerprint density at radius 2 is 2.47 bits per heavy atom. The number of aromatic nitrogens is 1. The summed E-state index contributed by atoms with van der Waals surface area (Å²) in [6.07, 6.45) is 3.80. The third-order valence-electron chi connectivity index (χ3n) is 2.53. The number of hydrogen-bond donors (Lipinski definition) is 2. The van der Waals surface area contributed by atoms with Gasteiger partial charge in [0.25, 0.3) is 5.91 Å². The van der Waals surface area contributed by atoms with Gasteiger partial charge in [-0.25, -0.2) is 0 Å². The van der Waals surface area contributed by atoms with Crippen molar-refractivity contribution in [2.45, 2.75) is 18.9 Å². The van der Waals surface area contributed by atoms with Crippen LogP contribution in [0.4, 0.5) is 0 Å². The van der Waals surface area contributed by atoms with Crippen LogP contribution < -0.4 is 10.6 Å². The lowest BCUT2D eigenvalue weighted by molar-refractivity contribution is 0.0925. The lowest BCUT2D eigenvalue weighted by atomic mass is 10.1. The summed E-state index contributed by atoms with van der Waals surface area (Å²) in [5, 5.41) is 6.23. The van der Waals surface area contributed by atoms with Crippen LogP contribution in [0, 0.1) is 0 Å². The van der Waals surface area contributed by atoms with Gasteiger partial charge in [0, 0.05) is 18.8 Å². The van der Waals surface area contributed by atoms with Gasteiger partial charge in [-0.15, -0.1) is 0 Å². The number of pyridine rings is 1. The molecule has 0 aromatic carbocycles. The molecular weight excluding hydrogens is 190 g/mol. The van der Waals surface area contributed by atoms with Crippen LogP contribution >= 0.6 is 0 Å². The van der Waals surface area contributed by atoms with E-state index in [1.165, 1.54) is 0 Å². The monoisotopic (exact) mass is 205 g/mol. The van der Waals surface area contributed by atoms with Crippen molar-refractivity contribution in [3.05, 3.63) is 30.1 Å². The van der Waals surface area contributed by atoms with Gasteiger partial charge < -0.3 is 10.6 Å². The Morgan fingerprint density at radius 1 is 1.53 bits per heavy atom. The fourth-order valence-corrected chi connectivity index (χ4v) is 1.73. The van der Waals surface area contributed by atoms with Crippen LogP contribution in [0.3, 0.4) is 0 Å². The molecule has 1 atom stereocenters. The van der Waals surface area contributed by atoms with Crippen LogP contribution in [-0.2, 0) is 0 Å². The molecule has 1 aliphatic heterocycles. The average Bonchev–Trinajstić information content (AvgIpc) is 2.31. The topological polar surface area (TPSA) is 54.0 Å². The normalized spacial score (nSPS) is 20.9. The SMILES string of the molecule is O=C(N[C@H]1CCCNC1)c1ccccn1. The third kappa shape index (κ3) is 2.76. The van der Waals surface area contributed by atoms with Crippen molar-refractivity contribution in [1.82, 2.24) is 15.6 Å². The molecule has 4 heteroatoms. The molecule has 0 radical (unpaired) electrons. The molecule has 0 aliphatic carbocycles. The second-order valence-corrected chi connectivity index (χ2v) is 3.73. The molecule has 1 fully saturated rings. The van der Waals surface area contributed by atoms with E-state index in [0.717, 1.165) is 25.9 Å². The smallest absolute Gasteiger partial charge is 0.270 e. The second-order valence-electron chi connectivity index (χ2n) is 3.73. The first-order valence-electron chi connectivity index (χ1n) is 5.29. The Morgan fingerprint density at radius 3 is 3.13 bits per heavy atom. The Labute approximate surface area is 89.1 Å². The predicted octanol–water partition coefficient (Wildman–Crippen LogP) is 0.563. The van der Waals surface area contributed by atoms with Crippen LogP contribution in [0.15, 0.2) is 24.4 Å². The molecule has 0 spiro atoms. The number of hydrogen-bond acceptors (Lipinski definition) is 3. The van der Waals surface area contributed by atoms with Gasteiger partial charge in [-0.3, -0.25) is 9.78 Å². The minimum absolute atomic E-state index is 0.0794. The molecule has 1 amide bonds. The molecule has 2 heterocycles. The maximum Gasteiger partial charge on any atom is 0.270 e. The molecule has 1 aromatic heterocycles. The average molecular weight is 205 g/mol. The number of amides is 1. The lowest BCUT2D eigenvalue weighted by Crippen LogP contribution is -2.45. The van der Waals surface area contributed by atoms with Crippen molar-refractivity contribution in [3.63, 3.8) is 0 Å². The summed E-state index contributed by atoms with van der Waals surface area (Å²) in [5.74, 6) is -0.0794. The van der Waals surface area contributed by atoms with Crippen LogP contribution in [0.1, 0.15) is 23.3 Å². The summed E-state index contributed by atoms with van der Waals surface area (Å²) >= 11 is 0. The van der Waals surface area contributed by atoms with E-state index in [-0.39, 0.29) is 11.9 Å². The molecule has 1 aliphatic rings.